The van der Waals surface area contributed by atoms with Crippen LogP contribution in [0.5, 0.6) is 11.8 Å². The first-order valence-electron chi connectivity index (χ1n) is 6.27. The van der Waals surface area contributed by atoms with Crippen molar-refractivity contribution in [1.29, 1.82) is 0 Å². The van der Waals surface area contributed by atoms with Crippen molar-refractivity contribution in [2.24, 2.45) is 0 Å². The summed E-state index contributed by atoms with van der Waals surface area (Å²) in [6.45, 7) is 8.07. The Kier molecular flexibility index (Phi) is 2.63. The molecule has 0 aliphatic heterocycles. The SMILES string of the molecule is C=c1c(C)nn2nc(C(C)Cn3c(O)ccc3O)nc12. The molecule has 0 fully saturated rings. The molecule has 3 aromatic rings. The highest BCUT2D eigenvalue weighted by molar-refractivity contribution is 5.42. The van der Waals surface area contributed by atoms with Crippen molar-refractivity contribution in [2.45, 2.75) is 26.3 Å². The number of fused-ring (bicyclic) bond motifs is 1. The average molecular weight is 273 g/mol. The van der Waals surface area contributed by atoms with E-state index in [4.69, 9.17) is 0 Å². The second-order valence-electron chi connectivity index (χ2n) is 4.91. The smallest absolute Gasteiger partial charge is 0.193 e. The van der Waals surface area contributed by atoms with Gasteiger partial charge >= 0.3 is 0 Å². The Hall–Kier alpha value is -2.57. The Morgan fingerprint density at radius 1 is 1.25 bits per heavy atom. The monoisotopic (exact) mass is 273 g/mol. The fourth-order valence-corrected chi connectivity index (χ4v) is 2.14. The predicted molar refractivity (Wildman–Crippen MR) is 72.4 cm³/mol. The van der Waals surface area contributed by atoms with E-state index in [0.717, 1.165) is 10.9 Å². The van der Waals surface area contributed by atoms with Gasteiger partial charge in [0.15, 0.2) is 23.2 Å². The molecule has 1 unspecified atom stereocenters. The topological polar surface area (TPSA) is 88.5 Å². The van der Waals surface area contributed by atoms with Gasteiger partial charge in [0.2, 0.25) is 0 Å². The second kappa shape index (κ2) is 4.22. The Balaban J connectivity index is 1.93. The van der Waals surface area contributed by atoms with E-state index < -0.39 is 0 Å². The Labute approximate surface area is 114 Å². The maximum atomic E-state index is 9.64. The molecule has 1 atom stereocenters. The lowest BCUT2D eigenvalue weighted by atomic mass is 10.1. The van der Waals surface area contributed by atoms with Crippen LogP contribution in [0, 0.1) is 6.92 Å². The summed E-state index contributed by atoms with van der Waals surface area (Å²) in [7, 11) is 0. The van der Waals surface area contributed by atoms with Crippen molar-refractivity contribution in [3.63, 3.8) is 0 Å². The molecule has 0 spiro atoms. The molecule has 20 heavy (non-hydrogen) atoms. The molecule has 0 aliphatic carbocycles. The number of aromatic nitrogens is 5. The molecule has 0 saturated carbocycles. The minimum Gasteiger partial charge on any atom is -0.494 e. The number of hydrogen-bond donors (Lipinski definition) is 2. The van der Waals surface area contributed by atoms with Crippen LogP contribution in [0.1, 0.15) is 24.4 Å². The van der Waals surface area contributed by atoms with Crippen LogP contribution in [0.3, 0.4) is 0 Å². The number of aromatic hydroxyl groups is 2. The predicted octanol–water partition coefficient (Wildman–Crippen LogP) is 0.578. The van der Waals surface area contributed by atoms with Crippen molar-refractivity contribution >= 4 is 12.2 Å². The van der Waals surface area contributed by atoms with E-state index in [1.54, 1.807) is 0 Å². The summed E-state index contributed by atoms with van der Waals surface area (Å²) in [5.74, 6) is 0.546. The molecule has 3 aromatic heterocycles. The van der Waals surface area contributed by atoms with Gasteiger partial charge in [-0.25, -0.2) is 4.98 Å². The van der Waals surface area contributed by atoms with Gasteiger partial charge in [0.1, 0.15) is 0 Å². The lowest BCUT2D eigenvalue weighted by molar-refractivity contribution is 0.356. The average Bonchev–Trinajstić information content (AvgIpc) is 3.02. The normalized spacial score (nSPS) is 13.1. The molecule has 7 heteroatoms. The summed E-state index contributed by atoms with van der Waals surface area (Å²) >= 11 is 0. The van der Waals surface area contributed by atoms with Gasteiger partial charge in [-0.1, -0.05) is 13.5 Å². The lowest BCUT2D eigenvalue weighted by Gasteiger charge is -2.10. The third-order valence-electron chi connectivity index (χ3n) is 3.39. The first kappa shape index (κ1) is 12.5. The number of hydrogen-bond acceptors (Lipinski definition) is 5. The van der Waals surface area contributed by atoms with Crippen molar-refractivity contribution in [2.75, 3.05) is 0 Å². The summed E-state index contributed by atoms with van der Waals surface area (Å²) in [4.78, 5) is 4.42. The van der Waals surface area contributed by atoms with Crippen LogP contribution in [0.25, 0.3) is 12.2 Å². The molecule has 0 aliphatic rings. The van der Waals surface area contributed by atoms with Gasteiger partial charge in [-0.15, -0.1) is 9.73 Å². The highest BCUT2D eigenvalue weighted by Gasteiger charge is 2.17. The van der Waals surface area contributed by atoms with Crippen LogP contribution < -0.4 is 5.22 Å². The third kappa shape index (κ3) is 1.78. The minimum absolute atomic E-state index is 0.0133. The van der Waals surface area contributed by atoms with Gasteiger partial charge in [0, 0.05) is 29.8 Å². The first-order chi connectivity index (χ1) is 9.47. The van der Waals surface area contributed by atoms with Crippen LogP contribution in [-0.4, -0.2) is 34.6 Å². The third-order valence-corrected chi connectivity index (χ3v) is 3.39. The zero-order chi connectivity index (χ0) is 14.4. The molecule has 2 N–H and O–H groups in total. The van der Waals surface area contributed by atoms with Gasteiger partial charge < -0.3 is 10.2 Å². The fraction of sp³-hybridized carbons (Fsp3) is 0.308. The molecule has 3 rings (SSSR count). The minimum atomic E-state index is -0.0828. The molecule has 0 aromatic carbocycles. The van der Waals surface area contributed by atoms with Gasteiger partial charge in [0.25, 0.3) is 0 Å². The van der Waals surface area contributed by atoms with E-state index in [9.17, 15) is 10.2 Å². The first-order valence-corrected chi connectivity index (χ1v) is 6.27. The van der Waals surface area contributed by atoms with E-state index in [1.165, 1.54) is 21.3 Å². The molecule has 0 bridgehead atoms. The molecule has 104 valence electrons. The van der Waals surface area contributed by atoms with Crippen LogP contribution in [0.2, 0.25) is 0 Å². The zero-order valence-electron chi connectivity index (χ0n) is 11.3. The maximum Gasteiger partial charge on any atom is 0.193 e. The van der Waals surface area contributed by atoms with E-state index in [-0.39, 0.29) is 17.7 Å². The molecule has 0 amide bonds. The Morgan fingerprint density at radius 2 is 1.90 bits per heavy atom. The van der Waals surface area contributed by atoms with Gasteiger partial charge in [-0.3, -0.25) is 4.57 Å². The fourth-order valence-electron chi connectivity index (χ4n) is 2.14. The lowest BCUT2D eigenvalue weighted by Crippen LogP contribution is -2.08. The number of rotatable bonds is 3. The molecular formula is C13H15N5O2. The number of nitrogens with zero attached hydrogens (tertiary/aromatic N) is 5. The molecule has 7 nitrogen and oxygen atoms in total. The van der Waals surface area contributed by atoms with Crippen LogP contribution >= 0.6 is 0 Å². The number of aryl methyl sites for hydroxylation is 1. The van der Waals surface area contributed by atoms with Crippen LogP contribution in [0.4, 0.5) is 0 Å². The largest absolute Gasteiger partial charge is 0.494 e. The van der Waals surface area contributed by atoms with E-state index in [2.05, 4.69) is 21.8 Å². The molecular weight excluding hydrogens is 258 g/mol. The summed E-state index contributed by atoms with van der Waals surface area (Å²) in [6, 6.07) is 2.89. The summed E-state index contributed by atoms with van der Waals surface area (Å²) in [5, 5.41) is 28.6. The van der Waals surface area contributed by atoms with Crippen molar-refractivity contribution in [1.82, 2.24) is 24.4 Å². The summed E-state index contributed by atoms with van der Waals surface area (Å²) in [6.07, 6.45) is 0. The van der Waals surface area contributed by atoms with Crippen molar-refractivity contribution in [3.05, 3.63) is 28.9 Å². The van der Waals surface area contributed by atoms with Crippen molar-refractivity contribution < 1.29 is 10.2 Å². The quantitative estimate of drug-likeness (QED) is 0.728. The standard InChI is InChI=1S/C13H15N5O2/c1-7(6-17-10(19)4-5-11(17)20)12-14-13-8(2)9(3)15-18(13)16-12/h4-5,7,19-20H,2,6H2,1,3H3. The van der Waals surface area contributed by atoms with Crippen LogP contribution in [0.15, 0.2) is 12.1 Å². The molecule has 3 heterocycles. The second-order valence-corrected chi connectivity index (χ2v) is 4.91. The highest BCUT2D eigenvalue weighted by atomic mass is 16.3. The van der Waals surface area contributed by atoms with Gasteiger partial charge in [-0.2, -0.15) is 5.10 Å². The van der Waals surface area contributed by atoms with E-state index >= 15 is 0 Å². The van der Waals surface area contributed by atoms with E-state index in [0.29, 0.717) is 18.0 Å². The van der Waals surface area contributed by atoms with Gasteiger partial charge in [0.05, 0.1) is 5.69 Å². The zero-order valence-corrected chi connectivity index (χ0v) is 11.3. The Bertz CT molecular complexity index is 800. The van der Waals surface area contributed by atoms with Crippen LogP contribution in [-0.2, 0) is 6.54 Å². The Morgan fingerprint density at radius 3 is 2.50 bits per heavy atom. The molecule has 0 radical (unpaired) electrons. The highest BCUT2D eigenvalue weighted by Crippen LogP contribution is 2.25. The molecule has 0 saturated heterocycles. The van der Waals surface area contributed by atoms with Crippen molar-refractivity contribution in [3.8, 4) is 11.8 Å². The van der Waals surface area contributed by atoms with Gasteiger partial charge in [-0.05, 0) is 6.92 Å². The summed E-state index contributed by atoms with van der Waals surface area (Å²) in [5.41, 5.74) is 1.45. The maximum absolute atomic E-state index is 9.64. The summed E-state index contributed by atoms with van der Waals surface area (Å²) < 4.78 is 2.87. The van der Waals surface area contributed by atoms with E-state index in [1.807, 2.05) is 13.8 Å².